The maximum atomic E-state index is 14.1. The number of hydrogen-bond donors (Lipinski definition) is 4. The molecule has 0 fully saturated rings. The van der Waals surface area contributed by atoms with Gasteiger partial charge in [0.2, 0.25) is 0 Å². The van der Waals surface area contributed by atoms with Gasteiger partial charge in [-0.1, -0.05) is 129 Å². The van der Waals surface area contributed by atoms with E-state index < -0.39 is 14.2 Å². The Morgan fingerprint density at radius 1 is 0.627 bits per heavy atom. The molecule has 0 atom stereocenters. The van der Waals surface area contributed by atoms with Crippen LogP contribution in [-0.2, 0) is 46.7 Å². The van der Waals surface area contributed by atoms with Gasteiger partial charge >= 0.3 is 20.2 Å². The van der Waals surface area contributed by atoms with Crippen LogP contribution in [0.2, 0.25) is 0 Å². The number of carbonyl (C=O) groups excluding carboxylic acids is 3. The first kappa shape index (κ1) is 49.2. The average molecular weight is 906 g/mol. The Morgan fingerprint density at radius 3 is 2.04 bits per heavy atom. The third-order valence-corrected chi connectivity index (χ3v) is 12.8. The predicted molar refractivity (Wildman–Crippen MR) is 264 cm³/mol. The zero-order valence-corrected chi connectivity index (χ0v) is 38.6. The van der Waals surface area contributed by atoms with Crippen molar-refractivity contribution in [3.63, 3.8) is 0 Å². The predicted octanol–water partition coefficient (Wildman–Crippen LogP) is 5.40. The lowest BCUT2D eigenvalue weighted by Gasteiger charge is -2.30. The van der Waals surface area contributed by atoms with Crippen LogP contribution >= 0.6 is 0 Å². The van der Waals surface area contributed by atoms with Gasteiger partial charge in [-0.3, -0.25) is 29.1 Å². The van der Waals surface area contributed by atoms with Crippen molar-refractivity contribution in [1.29, 1.82) is 0 Å². The molecule has 0 bridgehead atoms. The Kier molecular flexibility index (Phi) is 17.5. The molecule has 7 rings (SSSR count). The van der Waals surface area contributed by atoms with E-state index in [-0.39, 0.29) is 30.9 Å². The average Bonchev–Trinajstić information content (AvgIpc) is 3.34. The molecule has 14 heteroatoms. The number of carbonyl (C=O) groups is 3. The number of unbranched alkanes of at least 4 members (excludes halogenated alkanes) is 3. The fraction of sp³-hybridized carbons (Fsp3) is 0.340. The Hall–Kier alpha value is -5.70. The summed E-state index contributed by atoms with van der Waals surface area (Å²) in [4.78, 5) is 45.7. The molecular formula is C53H61B2N3O9. The molecule has 348 valence electrons. The van der Waals surface area contributed by atoms with Crippen molar-refractivity contribution >= 4 is 64.5 Å². The lowest BCUT2D eigenvalue weighted by atomic mass is 9.77. The first-order valence-corrected chi connectivity index (χ1v) is 23.4. The number of nitrogens with zero attached hydrogens (tertiary/aromatic N) is 3. The first-order valence-electron chi connectivity index (χ1n) is 23.4. The zero-order chi connectivity index (χ0) is 47.3. The van der Waals surface area contributed by atoms with Gasteiger partial charge in [0, 0.05) is 57.1 Å². The van der Waals surface area contributed by atoms with E-state index in [4.69, 9.17) is 9.47 Å². The number of ether oxygens (including phenoxy) is 2. The van der Waals surface area contributed by atoms with Crippen LogP contribution in [0.25, 0.3) is 21.5 Å². The zero-order valence-electron chi connectivity index (χ0n) is 38.6. The van der Waals surface area contributed by atoms with Crippen LogP contribution in [0.1, 0.15) is 87.6 Å². The molecule has 6 aromatic carbocycles. The normalized spacial score (nSPS) is 12.5. The summed E-state index contributed by atoms with van der Waals surface area (Å²) in [6.07, 6.45) is 5.50. The molecule has 1 heterocycles. The van der Waals surface area contributed by atoms with Crippen LogP contribution in [-0.4, -0.2) is 113 Å². The number of fused-ring (bicyclic) bond motifs is 2. The molecule has 0 spiro atoms. The number of hydrogen-bond acceptors (Lipinski definition) is 11. The maximum Gasteiger partial charge on any atom is 0.488 e. The Bertz CT molecular complexity index is 2640. The van der Waals surface area contributed by atoms with E-state index in [1.54, 1.807) is 26.2 Å². The van der Waals surface area contributed by atoms with Gasteiger partial charge in [0.25, 0.3) is 11.8 Å². The third kappa shape index (κ3) is 12.5. The van der Waals surface area contributed by atoms with Crippen molar-refractivity contribution in [2.24, 2.45) is 0 Å². The summed E-state index contributed by atoms with van der Waals surface area (Å²) in [6, 6.07) is 36.8. The van der Waals surface area contributed by atoms with Crippen molar-refractivity contribution < 1.29 is 44.0 Å². The summed E-state index contributed by atoms with van der Waals surface area (Å²) >= 11 is 0. The molecule has 6 aromatic rings. The molecule has 0 saturated heterocycles. The molecule has 0 unspecified atom stereocenters. The minimum Gasteiger partial charge on any atom is -0.465 e. The summed E-state index contributed by atoms with van der Waals surface area (Å²) in [6.45, 7) is 6.62. The molecule has 0 aliphatic carbocycles. The highest BCUT2D eigenvalue weighted by atomic mass is 16.5. The van der Waals surface area contributed by atoms with Crippen LogP contribution in [0.3, 0.4) is 0 Å². The van der Waals surface area contributed by atoms with E-state index in [1.165, 1.54) is 4.90 Å². The van der Waals surface area contributed by atoms with Gasteiger partial charge in [-0.2, -0.15) is 0 Å². The second-order valence-corrected chi connectivity index (χ2v) is 17.4. The van der Waals surface area contributed by atoms with E-state index in [0.717, 1.165) is 82.7 Å². The summed E-state index contributed by atoms with van der Waals surface area (Å²) in [5.41, 5.74) is 7.13. The van der Waals surface area contributed by atoms with Gasteiger partial charge in [-0.05, 0) is 93.3 Å². The second kappa shape index (κ2) is 23.8. The van der Waals surface area contributed by atoms with Gasteiger partial charge in [0.05, 0.1) is 25.3 Å². The van der Waals surface area contributed by atoms with Crippen molar-refractivity contribution in [1.82, 2.24) is 14.7 Å². The van der Waals surface area contributed by atoms with Crippen LogP contribution in [0.5, 0.6) is 0 Å². The summed E-state index contributed by atoms with van der Waals surface area (Å²) < 4.78 is 10.5. The fourth-order valence-corrected chi connectivity index (χ4v) is 9.20. The van der Waals surface area contributed by atoms with Gasteiger partial charge in [0.15, 0.2) is 0 Å². The molecular weight excluding hydrogens is 844 g/mol. The quantitative estimate of drug-likeness (QED) is 0.0192. The molecule has 12 nitrogen and oxygen atoms in total. The fourth-order valence-electron chi connectivity index (χ4n) is 9.20. The molecule has 4 N–H and O–H groups in total. The third-order valence-electron chi connectivity index (χ3n) is 12.8. The molecule has 1 aliphatic heterocycles. The van der Waals surface area contributed by atoms with Crippen LogP contribution in [0.4, 0.5) is 0 Å². The Balaban J connectivity index is 1.07. The van der Waals surface area contributed by atoms with E-state index in [1.807, 2.05) is 72.8 Å². The van der Waals surface area contributed by atoms with Gasteiger partial charge < -0.3 is 29.6 Å². The summed E-state index contributed by atoms with van der Waals surface area (Å²) in [5, 5.41) is 43.5. The second-order valence-electron chi connectivity index (χ2n) is 17.4. The number of benzene rings is 6. The SMILES string of the molecule is CCC(=O)OCCc1ccc(CN(CCCCCCN(CCc2cccc(B(O)O)c2)Cc2c3ccccc3c3c4c(cccc24)C(=O)N(CCOC)C3=O)Cc2ccccc2B(O)O)cc1. The number of imide groups is 1. The van der Waals surface area contributed by atoms with Crippen LogP contribution in [0, 0.1) is 0 Å². The Labute approximate surface area is 394 Å². The smallest absolute Gasteiger partial charge is 0.465 e. The minimum absolute atomic E-state index is 0.164. The standard InChI is InChI=1S/C53H61B2N3O9/c1-3-49(59)67-32-27-38-22-24-40(25-23-38)35-57(36-41-15-6-9-21-48(41)55(64)65)29-11-5-4-10-28-56(30-26-39-14-12-16-42(34-39)54(62)63)37-47-43-17-7-8-18-44(43)51-50-45(47)19-13-20-46(50)52(60)58(53(51)61)31-33-66-2/h6-9,12-25,34,62-65H,3-5,10-11,26-33,35-37H2,1-2H3. The van der Waals surface area contributed by atoms with E-state index in [2.05, 4.69) is 40.1 Å². The van der Waals surface area contributed by atoms with Crippen molar-refractivity contribution in [3.05, 3.63) is 154 Å². The van der Waals surface area contributed by atoms with E-state index in [9.17, 15) is 34.5 Å². The van der Waals surface area contributed by atoms with Crippen LogP contribution < -0.4 is 10.9 Å². The van der Waals surface area contributed by atoms with Gasteiger partial charge in [-0.15, -0.1) is 0 Å². The van der Waals surface area contributed by atoms with Gasteiger partial charge in [0.1, 0.15) is 0 Å². The topological polar surface area (TPSA) is 160 Å². The highest BCUT2D eigenvalue weighted by Gasteiger charge is 2.35. The summed E-state index contributed by atoms with van der Waals surface area (Å²) in [7, 11) is -1.57. The molecule has 0 aromatic heterocycles. The summed E-state index contributed by atoms with van der Waals surface area (Å²) in [5.74, 6) is -0.838. The van der Waals surface area contributed by atoms with E-state index >= 15 is 0 Å². The van der Waals surface area contributed by atoms with Crippen molar-refractivity contribution in [3.8, 4) is 0 Å². The highest BCUT2D eigenvalue weighted by Crippen LogP contribution is 2.39. The molecule has 2 amide bonds. The van der Waals surface area contributed by atoms with Crippen molar-refractivity contribution in [2.75, 3.05) is 46.5 Å². The number of esters is 1. The van der Waals surface area contributed by atoms with Gasteiger partial charge in [-0.25, -0.2) is 0 Å². The highest BCUT2D eigenvalue weighted by molar-refractivity contribution is 6.59. The lowest BCUT2D eigenvalue weighted by molar-refractivity contribution is -0.143. The monoisotopic (exact) mass is 905 g/mol. The largest absolute Gasteiger partial charge is 0.488 e. The molecule has 67 heavy (non-hydrogen) atoms. The van der Waals surface area contributed by atoms with Crippen molar-refractivity contribution in [2.45, 2.75) is 71.5 Å². The molecule has 1 aliphatic rings. The molecule has 0 saturated carbocycles. The first-order chi connectivity index (χ1) is 32.6. The maximum absolute atomic E-state index is 14.1. The number of methoxy groups -OCH3 is 1. The lowest BCUT2D eigenvalue weighted by Crippen LogP contribution is -2.42. The van der Waals surface area contributed by atoms with Crippen LogP contribution in [0.15, 0.2) is 115 Å². The number of amides is 2. The molecule has 0 radical (unpaired) electrons. The van der Waals surface area contributed by atoms with E-state index in [0.29, 0.717) is 79.5 Å². The number of rotatable bonds is 25. The minimum atomic E-state index is -1.57. The Morgan fingerprint density at radius 2 is 1.31 bits per heavy atom.